The SMILES string of the molecule is CCSC(=S)c1ccccc1.O=CO. The molecule has 1 aromatic carbocycles. The molecule has 0 atom stereocenters. The normalized spacial score (nSPS) is 8.36. The molecule has 0 aromatic heterocycles. The quantitative estimate of drug-likeness (QED) is 0.624. The molecule has 0 amide bonds. The molecule has 2 nitrogen and oxygen atoms in total. The molecule has 0 aliphatic carbocycles. The first-order chi connectivity index (χ1) is 6.76. The summed E-state index contributed by atoms with van der Waals surface area (Å²) in [5.41, 5.74) is 1.16. The number of hydrogen-bond acceptors (Lipinski definition) is 3. The van der Waals surface area contributed by atoms with Gasteiger partial charge in [0.1, 0.15) is 0 Å². The van der Waals surface area contributed by atoms with Gasteiger partial charge in [-0.2, -0.15) is 0 Å². The lowest BCUT2D eigenvalue weighted by Gasteiger charge is -1.99. The van der Waals surface area contributed by atoms with E-state index < -0.39 is 0 Å². The van der Waals surface area contributed by atoms with Gasteiger partial charge in [-0.3, -0.25) is 4.79 Å². The molecule has 76 valence electrons. The Balaban J connectivity index is 0.000000500. The predicted molar refractivity (Wildman–Crippen MR) is 65.0 cm³/mol. The maximum Gasteiger partial charge on any atom is 0.290 e. The van der Waals surface area contributed by atoms with Gasteiger partial charge in [0, 0.05) is 0 Å². The lowest BCUT2D eigenvalue weighted by atomic mass is 10.2. The summed E-state index contributed by atoms with van der Waals surface area (Å²) in [6, 6.07) is 10.1. The van der Waals surface area contributed by atoms with Gasteiger partial charge in [-0.15, -0.1) is 11.8 Å². The van der Waals surface area contributed by atoms with Gasteiger partial charge in [0.25, 0.3) is 6.47 Å². The van der Waals surface area contributed by atoms with E-state index in [9.17, 15) is 0 Å². The molecule has 1 rings (SSSR count). The first kappa shape index (κ1) is 13.1. The number of benzene rings is 1. The van der Waals surface area contributed by atoms with Crippen molar-refractivity contribution in [2.24, 2.45) is 0 Å². The van der Waals surface area contributed by atoms with E-state index in [1.165, 1.54) is 0 Å². The summed E-state index contributed by atoms with van der Waals surface area (Å²) in [5.74, 6) is 1.05. The predicted octanol–water partition coefficient (Wildman–Crippen LogP) is 2.82. The van der Waals surface area contributed by atoms with Gasteiger partial charge in [0.15, 0.2) is 0 Å². The number of rotatable bonds is 2. The van der Waals surface area contributed by atoms with E-state index in [1.54, 1.807) is 11.8 Å². The summed E-state index contributed by atoms with van der Waals surface area (Å²) in [4.78, 5) is 8.36. The molecule has 0 fully saturated rings. The third kappa shape index (κ3) is 5.72. The van der Waals surface area contributed by atoms with Crippen LogP contribution in [0.2, 0.25) is 0 Å². The lowest BCUT2D eigenvalue weighted by molar-refractivity contribution is -0.122. The molecule has 0 saturated heterocycles. The van der Waals surface area contributed by atoms with E-state index in [-0.39, 0.29) is 6.47 Å². The van der Waals surface area contributed by atoms with Crippen molar-refractivity contribution in [2.45, 2.75) is 6.92 Å². The Hall–Kier alpha value is -0.870. The highest BCUT2D eigenvalue weighted by molar-refractivity contribution is 8.23. The number of thioether (sulfide) groups is 1. The van der Waals surface area contributed by atoms with Gasteiger partial charge in [0.2, 0.25) is 0 Å². The second kappa shape index (κ2) is 8.72. The highest BCUT2D eigenvalue weighted by atomic mass is 32.2. The first-order valence-corrected chi connectivity index (χ1v) is 5.45. The average molecular weight is 228 g/mol. The molecule has 0 bridgehead atoms. The van der Waals surface area contributed by atoms with Crippen LogP contribution < -0.4 is 0 Å². The van der Waals surface area contributed by atoms with Gasteiger partial charge in [0.05, 0.1) is 4.20 Å². The summed E-state index contributed by atoms with van der Waals surface area (Å²) in [5, 5.41) is 6.89. The topological polar surface area (TPSA) is 37.3 Å². The molecule has 0 unspecified atom stereocenters. The monoisotopic (exact) mass is 228 g/mol. The third-order valence-corrected chi connectivity index (χ3v) is 2.66. The molecule has 4 heteroatoms. The van der Waals surface area contributed by atoms with Crippen LogP contribution in [0, 0.1) is 0 Å². The summed E-state index contributed by atoms with van der Waals surface area (Å²) in [6.45, 7) is 1.86. The molecule has 0 spiro atoms. The van der Waals surface area contributed by atoms with Gasteiger partial charge >= 0.3 is 0 Å². The Morgan fingerprint density at radius 2 is 2.00 bits per heavy atom. The molecule has 0 aliphatic rings. The van der Waals surface area contributed by atoms with E-state index >= 15 is 0 Å². The van der Waals surface area contributed by atoms with E-state index in [1.807, 2.05) is 30.3 Å². The maximum atomic E-state index is 8.36. The Kier molecular flexibility index (Phi) is 8.17. The zero-order valence-corrected chi connectivity index (χ0v) is 9.48. The first-order valence-electron chi connectivity index (χ1n) is 4.06. The van der Waals surface area contributed by atoms with Crippen LogP contribution >= 0.6 is 24.0 Å². The van der Waals surface area contributed by atoms with Gasteiger partial charge < -0.3 is 5.11 Å². The molecule has 1 N–H and O–H groups in total. The van der Waals surface area contributed by atoms with Crippen molar-refractivity contribution in [3.8, 4) is 0 Å². The van der Waals surface area contributed by atoms with Crippen LogP contribution in [-0.2, 0) is 4.79 Å². The fourth-order valence-corrected chi connectivity index (χ4v) is 1.84. The Labute approximate surface area is 93.3 Å². The van der Waals surface area contributed by atoms with Crippen molar-refractivity contribution in [3.63, 3.8) is 0 Å². The zero-order valence-electron chi connectivity index (χ0n) is 7.84. The zero-order chi connectivity index (χ0) is 10.8. The Bertz CT molecular complexity index is 273. The van der Waals surface area contributed by atoms with Crippen molar-refractivity contribution >= 4 is 34.6 Å². The molecule has 0 radical (unpaired) electrons. The standard InChI is InChI=1S/C9H10S2.CH2O2/c1-2-11-9(10)8-6-4-3-5-7-8;2-1-3/h3-7H,2H2,1H3;1H,(H,2,3). The van der Waals surface area contributed by atoms with E-state index in [0.29, 0.717) is 0 Å². The van der Waals surface area contributed by atoms with Crippen LogP contribution in [0.15, 0.2) is 30.3 Å². The fourth-order valence-electron chi connectivity index (χ4n) is 0.789. The molecular formula is C10H12O2S2. The van der Waals surface area contributed by atoms with Gasteiger partial charge in [-0.05, 0) is 11.3 Å². The minimum Gasteiger partial charge on any atom is -0.483 e. The van der Waals surface area contributed by atoms with Crippen LogP contribution in [-0.4, -0.2) is 21.5 Å². The number of carbonyl (C=O) groups is 1. The van der Waals surface area contributed by atoms with Crippen LogP contribution in [0.25, 0.3) is 0 Å². The molecule has 1 aromatic rings. The minimum atomic E-state index is -0.250. The van der Waals surface area contributed by atoms with Crippen molar-refractivity contribution in [1.82, 2.24) is 0 Å². The number of hydrogen-bond donors (Lipinski definition) is 1. The van der Waals surface area contributed by atoms with Crippen LogP contribution in [0.4, 0.5) is 0 Å². The second-order valence-corrected chi connectivity index (χ2v) is 4.13. The van der Waals surface area contributed by atoms with Gasteiger partial charge in [-0.25, -0.2) is 0 Å². The number of carboxylic acid groups (broad SMARTS) is 1. The maximum absolute atomic E-state index is 8.36. The molecule has 0 aliphatic heterocycles. The lowest BCUT2D eigenvalue weighted by Crippen LogP contribution is -1.90. The van der Waals surface area contributed by atoms with Gasteiger partial charge in [-0.1, -0.05) is 49.5 Å². The summed E-state index contributed by atoms with van der Waals surface area (Å²) >= 11 is 6.90. The fraction of sp³-hybridized carbons (Fsp3) is 0.200. The second-order valence-electron chi connectivity index (χ2n) is 2.19. The van der Waals surface area contributed by atoms with Crippen molar-refractivity contribution in [2.75, 3.05) is 5.75 Å². The molecule has 14 heavy (non-hydrogen) atoms. The van der Waals surface area contributed by atoms with Crippen molar-refractivity contribution in [3.05, 3.63) is 35.9 Å². The summed E-state index contributed by atoms with van der Waals surface area (Å²) in [7, 11) is 0. The minimum absolute atomic E-state index is 0.250. The largest absolute Gasteiger partial charge is 0.483 e. The highest BCUT2D eigenvalue weighted by Crippen LogP contribution is 2.12. The summed E-state index contributed by atoms with van der Waals surface area (Å²) < 4.78 is 0.994. The summed E-state index contributed by atoms with van der Waals surface area (Å²) in [6.07, 6.45) is 0. The Morgan fingerprint density at radius 3 is 2.43 bits per heavy atom. The Morgan fingerprint density at radius 1 is 1.50 bits per heavy atom. The highest BCUT2D eigenvalue weighted by Gasteiger charge is 1.97. The smallest absolute Gasteiger partial charge is 0.290 e. The van der Waals surface area contributed by atoms with Crippen LogP contribution in [0.3, 0.4) is 0 Å². The van der Waals surface area contributed by atoms with E-state index in [0.717, 1.165) is 15.5 Å². The van der Waals surface area contributed by atoms with Crippen LogP contribution in [0.5, 0.6) is 0 Å². The molecule has 0 saturated carbocycles. The number of thiocarbonyl (C=S) groups is 1. The molecule has 0 heterocycles. The van der Waals surface area contributed by atoms with E-state index in [2.05, 4.69) is 6.92 Å². The third-order valence-electron chi connectivity index (χ3n) is 1.28. The van der Waals surface area contributed by atoms with Crippen LogP contribution in [0.1, 0.15) is 12.5 Å². The van der Waals surface area contributed by atoms with E-state index in [4.69, 9.17) is 22.1 Å². The molecular weight excluding hydrogens is 216 g/mol. The van der Waals surface area contributed by atoms with Crippen molar-refractivity contribution in [1.29, 1.82) is 0 Å². The average Bonchev–Trinajstić information content (AvgIpc) is 2.21. The van der Waals surface area contributed by atoms with Crippen molar-refractivity contribution < 1.29 is 9.90 Å².